The van der Waals surface area contributed by atoms with Gasteiger partial charge in [0.25, 0.3) is 6.43 Å². The van der Waals surface area contributed by atoms with Gasteiger partial charge in [-0.3, -0.25) is 25.4 Å². The Balaban J connectivity index is 2.38. The summed E-state index contributed by atoms with van der Waals surface area (Å²) in [6.07, 6.45) is 0.728. The summed E-state index contributed by atoms with van der Waals surface area (Å²) < 4.78 is 42.2. The Morgan fingerprint density at radius 3 is 2.74 bits per heavy atom. The molecule has 11 heteroatoms. The van der Waals surface area contributed by atoms with Crippen molar-refractivity contribution in [2.45, 2.75) is 13.3 Å². The Kier molecular flexibility index (Phi) is 4.93. The minimum atomic E-state index is -2.77. The minimum Gasteiger partial charge on any atom is -0.320 e. The maximum atomic E-state index is 14.6. The quantitative estimate of drug-likeness (QED) is 0.413. The SMILES string of the molecule is [B]c1cc(N(CC(F)F)c2nc(=N)n(C(C)=N)c3cncc(F)c23)ccn1. The van der Waals surface area contributed by atoms with Crippen LogP contribution in [0.25, 0.3) is 10.9 Å². The van der Waals surface area contributed by atoms with Crippen LogP contribution in [-0.4, -0.2) is 46.2 Å². The van der Waals surface area contributed by atoms with E-state index in [1.807, 2.05) is 0 Å². The summed E-state index contributed by atoms with van der Waals surface area (Å²) in [6.45, 7) is 0.588. The van der Waals surface area contributed by atoms with E-state index in [4.69, 9.17) is 18.7 Å². The third kappa shape index (κ3) is 3.53. The standard InChI is InChI=1S/C16H13BF3N7/c1-8(21)27-11-6-23-5-10(18)14(11)15(25-16(27)22)26(7-13(19)20)9-2-3-24-12(17)4-9/h2-6,13,21-22H,7H2,1H3. The lowest BCUT2D eigenvalue weighted by molar-refractivity contribution is 0.157. The van der Waals surface area contributed by atoms with Gasteiger partial charge in [0.15, 0.2) is 5.82 Å². The number of hydrogen-bond donors (Lipinski definition) is 2. The smallest absolute Gasteiger partial charge is 0.256 e. The van der Waals surface area contributed by atoms with Crippen LogP contribution in [0.3, 0.4) is 0 Å². The molecule has 0 aliphatic heterocycles. The molecule has 0 saturated carbocycles. The molecule has 3 aromatic heterocycles. The number of halogens is 3. The van der Waals surface area contributed by atoms with Gasteiger partial charge in [-0.1, -0.05) is 0 Å². The van der Waals surface area contributed by atoms with Gasteiger partial charge in [0.2, 0.25) is 5.62 Å². The first-order chi connectivity index (χ1) is 12.8. The van der Waals surface area contributed by atoms with Crippen molar-refractivity contribution in [2.24, 2.45) is 0 Å². The first-order valence-corrected chi connectivity index (χ1v) is 7.73. The molecule has 2 N–H and O–H groups in total. The second-order valence-electron chi connectivity index (χ2n) is 5.64. The predicted molar refractivity (Wildman–Crippen MR) is 94.8 cm³/mol. The van der Waals surface area contributed by atoms with Crippen LogP contribution in [-0.2, 0) is 0 Å². The molecular weight excluding hydrogens is 358 g/mol. The van der Waals surface area contributed by atoms with E-state index in [0.717, 1.165) is 15.7 Å². The maximum absolute atomic E-state index is 14.6. The van der Waals surface area contributed by atoms with Crippen molar-refractivity contribution in [3.05, 3.63) is 42.2 Å². The fourth-order valence-electron chi connectivity index (χ4n) is 2.73. The van der Waals surface area contributed by atoms with Crippen LogP contribution in [0.4, 0.5) is 24.7 Å². The number of fused-ring (bicyclic) bond motifs is 1. The molecule has 0 saturated heterocycles. The number of hydrogen-bond acceptors (Lipinski definition) is 6. The van der Waals surface area contributed by atoms with Crippen molar-refractivity contribution < 1.29 is 13.2 Å². The zero-order valence-electron chi connectivity index (χ0n) is 14.1. The van der Waals surface area contributed by atoms with Gasteiger partial charge in [-0.15, -0.1) is 0 Å². The van der Waals surface area contributed by atoms with Crippen LogP contribution in [0, 0.1) is 16.6 Å². The first-order valence-electron chi connectivity index (χ1n) is 7.73. The van der Waals surface area contributed by atoms with E-state index >= 15 is 0 Å². The maximum Gasteiger partial charge on any atom is 0.256 e. The molecule has 3 aromatic rings. The molecule has 0 aromatic carbocycles. The number of anilines is 2. The number of nitrogens with one attached hydrogen (secondary N) is 2. The Labute approximate surface area is 152 Å². The molecule has 0 spiro atoms. The Bertz CT molecular complexity index is 1080. The van der Waals surface area contributed by atoms with E-state index in [9.17, 15) is 13.2 Å². The van der Waals surface area contributed by atoms with Gasteiger partial charge < -0.3 is 4.90 Å². The predicted octanol–water partition coefficient (Wildman–Crippen LogP) is 1.49. The lowest BCUT2D eigenvalue weighted by atomic mass is 10.0. The third-order valence-electron chi connectivity index (χ3n) is 3.76. The van der Waals surface area contributed by atoms with Gasteiger partial charge in [0, 0.05) is 11.9 Å². The molecular formula is C16H13BF3N7. The summed E-state index contributed by atoms with van der Waals surface area (Å²) in [6, 6.07) is 2.78. The zero-order valence-corrected chi connectivity index (χ0v) is 14.1. The van der Waals surface area contributed by atoms with E-state index < -0.39 is 24.4 Å². The molecule has 2 radical (unpaired) electrons. The van der Waals surface area contributed by atoms with Crippen molar-refractivity contribution in [3.63, 3.8) is 0 Å². The Morgan fingerprint density at radius 2 is 2.11 bits per heavy atom. The second-order valence-corrected chi connectivity index (χ2v) is 5.64. The van der Waals surface area contributed by atoms with Crippen LogP contribution < -0.4 is 16.1 Å². The zero-order chi connectivity index (χ0) is 19.7. The number of alkyl halides is 2. The van der Waals surface area contributed by atoms with Crippen LogP contribution in [0.5, 0.6) is 0 Å². The molecule has 0 amide bonds. The van der Waals surface area contributed by atoms with Crippen LogP contribution in [0.1, 0.15) is 6.92 Å². The van der Waals surface area contributed by atoms with Crippen molar-refractivity contribution >= 4 is 41.7 Å². The highest BCUT2D eigenvalue weighted by Gasteiger charge is 2.23. The molecule has 0 fully saturated rings. The van der Waals surface area contributed by atoms with Gasteiger partial charge in [-0.2, -0.15) is 4.98 Å². The lowest BCUT2D eigenvalue weighted by Gasteiger charge is -2.26. The molecule has 0 atom stereocenters. The average molecular weight is 371 g/mol. The molecule has 0 aliphatic rings. The van der Waals surface area contributed by atoms with Gasteiger partial charge >= 0.3 is 0 Å². The molecule has 3 heterocycles. The highest BCUT2D eigenvalue weighted by molar-refractivity contribution is 6.30. The van der Waals surface area contributed by atoms with Gasteiger partial charge in [-0.05, 0) is 24.6 Å². The topological polar surface area (TPSA) is 94.5 Å². The summed E-state index contributed by atoms with van der Waals surface area (Å²) in [4.78, 5) is 12.6. The number of aromatic nitrogens is 4. The lowest BCUT2D eigenvalue weighted by Crippen LogP contribution is -2.33. The summed E-state index contributed by atoms with van der Waals surface area (Å²) in [5, 5.41) is 15.8. The summed E-state index contributed by atoms with van der Waals surface area (Å²) in [5.41, 5.74) is -0.0420. The molecule has 0 aliphatic carbocycles. The van der Waals surface area contributed by atoms with Gasteiger partial charge in [-0.25, -0.2) is 13.2 Å². The van der Waals surface area contributed by atoms with Crippen molar-refractivity contribution in [1.29, 1.82) is 10.8 Å². The van der Waals surface area contributed by atoms with E-state index in [0.29, 0.717) is 0 Å². The van der Waals surface area contributed by atoms with Crippen molar-refractivity contribution in [1.82, 2.24) is 19.5 Å². The molecule has 0 unspecified atom stereocenters. The first kappa shape index (κ1) is 18.6. The fraction of sp³-hybridized carbons (Fsp3) is 0.188. The number of nitrogens with zero attached hydrogens (tertiary/aromatic N) is 5. The number of pyridine rings is 2. The Hall–Kier alpha value is -3.24. The fourth-order valence-corrected chi connectivity index (χ4v) is 2.73. The Morgan fingerprint density at radius 1 is 1.37 bits per heavy atom. The largest absolute Gasteiger partial charge is 0.320 e. The van der Waals surface area contributed by atoms with E-state index in [-0.39, 0.29) is 33.8 Å². The molecule has 136 valence electrons. The normalized spacial score (nSPS) is 11.1. The van der Waals surface area contributed by atoms with Gasteiger partial charge in [0.1, 0.15) is 19.5 Å². The molecule has 27 heavy (non-hydrogen) atoms. The highest BCUT2D eigenvalue weighted by atomic mass is 19.3. The van der Waals surface area contributed by atoms with Crippen molar-refractivity contribution in [2.75, 3.05) is 11.4 Å². The summed E-state index contributed by atoms with van der Waals surface area (Å²) in [7, 11) is 5.64. The molecule has 3 rings (SSSR count). The van der Waals surface area contributed by atoms with E-state index in [1.165, 1.54) is 31.5 Å². The highest BCUT2D eigenvalue weighted by Crippen LogP contribution is 2.30. The van der Waals surface area contributed by atoms with E-state index in [1.54, 1.807) is 0 Å². The second kappa shape index (κ2) is 7.18. The summed E-state index contributed by atoms with van der Waals surface area (Å²) in [5.74, 6) is -1.10. The van der Waals surface area contributed by atoms with Crippen molar-refractivity contribution in [3.8, 4) is 0 Å². The van der Waals surface area contributed by atoms with Crippen LogP contribution in [0.2, 0.25) is 0 Å². The average Bonchev–Trinajstić information content (AvgIpc) is 2.58. The molecule has 0 bridgehead atoms. The van der Waals surface area contributed by atoms with Crippen LogP contribution in [0.15, 0.2) is 30.7 Å². The van der Waals surface area contributed by atoms with Gasteiger partial charge in [0.05, 0.1) is 29.8 Å². The third-order valence-corrected chi connectivity index (χ3v) is 3.76. The van der Waals surface area contributed by atoms with Crippen LogP contribution >= 0.6 is 0 Å². The minimum absolute atomic E-state index is 0.0683. The number of rotatable bonds is 4. The monoisotopic (exact) mass is 371 g/mol. The summed E-state index contributed by atoms with van der Waals surface area (Å²) >= 11 is 0. The molecule has 7 nitrogen and oxygen atoms in total. The van der Waals surface area contributed by atoms with E-state index in [2.05, 4.69) is 15.0 Å².